The molecule has 3 nitrogen and oxygen atoms in total. The molecule has 0 atom stereocenters. The molecular weight excluding hydrogens is 212 g/mol. The molecule has 0 aromatic heterocycles. The molecule has 0 bridgehead atoms. The van der Waals surface area contributed by atoms with E-state index in [0.717, 1.165) is 26.2 Å². The van der Waals surface area contributed by atoms with Gasteiger partial charge in [0.2, 0.25) is 0 Å². The van der Waals surface area contributed by atoms with Crippen LogP contribution in [0.2, 0.25) is 0 Å². The molecule has 1 rings (SSSR count). The normalized spacial score (nSPS) is 10.4. The van der Waals surface area contributed by atoms with Crippen molar-refractivity contribution in [2.45, 2.75) is 20.3 Å². The largest absolute Gasteiger partial charge is 0.385 e. The van der Waals surface area contributed by atoms with Gasteiger partial charge in [-0.05, 0) is 38.0 Å². The Morgan fingerprint density at radius 2 is 2.06 bits per heavy atom. The van der Waals surface area contributed by atoms with Crippen molar-refractivity contribution in [3.8, 4) is 0 Å². The van der Waals surface area contributed by atoms with Gasteiger partial charge in [-0.3, -0.25) is 0 Å². The van der Waals surface area contributed by atoms with E-state index in [4.69, 9.17) is 4.74 Å². The highest BCUT2D eigenvalue weighted by Gasteiger charge is 2.01. The molecule has 17 heavy (non-hydrogen) atoms. The van der Waals surface area contributed by atoms with E-state index >= 15 is 0 Å². The maximum absolute atomic E-state index is 5.30. The lowest BCUT2D eigenvalue weighted by atomic mass is 10.1. The van der Waals surface area contributed by atoms with Gasteiger partial charge in [-0.1, -0.05) is 6.07 Å². The fourth-order valence-electron chi connectivity index (χ4n) is 1.75. The summed E-state index contributed by atoms with van der Waals surface area (Å²) in [6.07, 6.45) is 1.04. The monoisotopic (exact) mass is 236 g/mol. The van der Waals surface area contributed by atoms with Gasteiger partial charge >= 0.3 is 0 Å². The van der Waals surface area contributed by atoms with Crippen molar-refractivity contribution in [1.82, 2.24) is 0 Å². The standard InChI is InChI=1S/C14H24N2O/c1-5-17-10-6-9-15-13-8-7-12(2)14(11-13)16(3)4/h7-8,11,15H,5-6,9-10H2,1-4H3. The van der Waals surface area contributed by atoms with Crippen molar-refractivity contribution in [2.75, 3.05) is 44.1 Å². The van der Waals surface area contributed by atoms with E-state index in [-0.39, 0.29) is 0 Å². The first-order valence-electron chi connectivity index (χ1n) is 6.24. The first-order chi connectivity index (χ1) is 8.15. The first-order valence-corrected chi connectivity index (χ1v) is 6.24. The third kappa shape index (κ3) is 4.65. The average Bonchev–Trinajstić information content (AvgIpc) is 2.30. The molecule has 96 valence electrons. The molecule has 0 aliphatic carbocycles. The number of hydrogen-bond acceptors (Lipinski definition) is 3. The average molecular weight is 236 g/mol. The summed E-state index contributed by atoms with van der Waals surface area (Å²) < 4.78 is 5.30. The molecule has 0 heterocycles. The van der Waals surface area contributed by atoms with E-state index in [1.165, 1.54) is 16.9 Å². The van der Waals surface area contributed by atoms with Gasteiger partial charge in [0.15, 0.2) is 0 Å². The van der Waals surface area contributed by atoms with Gasteiger partial charge in [0, 0.05) is 45.2 Å². The van der Waals surface area contributed by atoms with Gasteiger partial charge in [-0.25, -0.2) is 0 Å². The number of anilines is 2. The maximum atomic E-state index is 5.30. The fraction of sp³-hybridized carbons (Fsp3) is 0.571. The van der Waals surface area contributed by atoms with Crippen molar-refractivity contribution < 1.29 is 4.74 Å². The van der Waals surface area contributed by atoms with E-state index in [2.05, 4.69) is 49.4 Å². The number of aryl methyl sites for hydroxylation is 1. The molecule has 0 unspecified atom stereocenters. The molecule has 0 spiro atoms. The first kappa shape index (κ1) is 13.8. The predicted molar refractivity (Wildman–Crippen MR) is 75.1 cm³/mol. The van der Waals surface area contributed by atoms with Crippen molar-refractivity contribution >= 4 is 11.4 Å². The topological polar surface area (TPSA) is 24.5 Å². The third-order valence-corrected chi connectivity index (χ3v) is 2.69. The van der Waals surface area contributed by atoms with Crippen LogP contribution >= 0.6 is 0 Å². The summed E-state index contributed by atoms with van der Waals surface area (Å²) in [5.41, 5.74) is 3.74. The van der Waals surface area contributed by atoms with Gasteiger partial charge in [0.25, 0.3) is 0 Å². The Bertz CT molecular complexity index is 337. The van der Waals surface area contributed by atoms with E-state index in [0.29, 0.717) is 0 Å². The fourth-order valence-corrected chi connectivity index (χ4v) is 1.75. The Labute approximate surface area is 105 Å². The van der Waals surface area contributed by atoms with Gasteiger partial charge in [-0.2, -0.15) is 0 Å². The number of nitrogens with zero attached hydrogens (tertiary/aromatic N) is 1. The molecule has 0 radical (unpaired) electrons. The van der Waals surface area contributed by atoms with Crippen LogP contribution in [0, 0.1) is 6.92 Å². The van der Waals surface area contributed by atoms with Crippen LogP contribution in [0.3, 0.4) is 0 Å². The Morgan fingerprint density at radius 3 is 2.71 bits per heavy atom. The summed E-state index contributed by atoms with van der Waals surface area (Å²) in [7, 11) is 4.14. The predicted octanol–water partition coefficient (Wildman–Crippen LogP) is 2.90. The molecule has 0 saturated heterocycles. The smallest absolute Gasteiger partial charge is 0.0482 e. The van der Waals surface area contributed by atoms with E-state index in [9.17, 15) is 0 Å². The number of nitrogens with one attached hydrogen (secondary N) is 1. The second kappa shape index (κ2) is 7.17. The maximum Gasteiger partial charge on any atom is 0.0482 e. The minimum atomic E-state index is 0.801. The van der Waals surface area contributed by atoms with Crippen molar-refractivity contribution in [3.63, 3.8) is 0 Å². The van der Waals surface area contributed by atoms with Crippen LogP contribution in [0.4, 0.5) is 11.4 Å². The molecule has 0 aliphatic heterocycles. The summed E-state index contributed by atoms with van der Waals surface area (Å²) in [6.45, 7) is 6.74. The van der Waals surface area contributed by atoms with Crippen molar-refractivity contribution in [2.24, 2.45) is 0 Å². The Morgan fingerprint density at radius 1 is 1.29 bits per heavy atom. The SMILES string of the molecule is CCOCCCNc1ccc(C)c(N(C)C)c1. The summed E-state index contributed by atoms with van der Waals surface area (Å²) in [6, 6.07) is 6.47. The van der Waals surface area contributed by atoms with Crippen LogP contribution in [0.25, 0.3) is 0 Å². The van der Waals surface area contributed by atoms with Gasteiger partial charge in [0.05, 0.1) is 0 Å². The van der Waals surface area contributed by atoms with Crippen LogP contribution < -0.4 is 10.2 Å². The van der Waals surface area contributed by atoms with Crippen molar-refractivity contribution in [3.05, 3.63) is 23.8 Å². The summed E-state index contributed by atoms with van der Waals surface area (Å²) in [5.74, 6) is 0. The molecule has 1 N–H and O–H groups in total. The Hall–Kier alpha value is -1.22. The summed E-state index contributed by atoms with van der Waals surface area (Å²) in [4.78, 5) is 2.14. The number of benzene rings is 1. The summed E-state index contributed by atoms with van der Waals surface area (Å²) >= 11 is 0. The Balaban J connectivity index is 2.46. The lowest BCUT2D eigenvalue weighted by Crippen LogP contribution is -2.11. The molecule has 1 aromatic rings. The molecule has 3 heteroatoms. The molecule has 0 aliphatic rings. The number of ether oxygens (including phenoxy) is 1. The zero-order chi connectivity index (χ0) is 12.7. The van der Waals surface area contributed by atoms with Crippen LogP contribution in [0.1, 0.15) is 18.9 Å². The quantitative estimate of drug-likeness (QED) is 0.737. The second-order valence-electron chi connectivity index (χ2n) is 4.37. The number of rotatable bonds is 7. The molecule has 1 aromatic carbocycles. The minimum Gasteiger partial charge on any atom is -0.385 e. The third-order valence-electron chi connectivity index (χ3n) is 2.69. The molecule has 0 amide bonds. The van der Waals surface area contributed by atoms with E-state index in [1.54, 1.807) is 0 Å². The Kier molecular flexibility index (Phi) is 5.84. The lowest BCUT2D eigenvalue weighted by molar-refractivity contribution is 0.147. The number of hydrogen-bond donors (Lipinski definition) is 1. The zero-order valence-electron chi connectivity index (χ0n) is 11.4. The minimum absolute atomic E-state index is 0.801. The summed E-state index contributed by atoms with van der Waals surface area (Å²) in [5, 5.41) is 3.42. The molecular formula is C14H24N2O. The van der Waals surface area contributed by atoms with Crippen molar-refractivity contribution in [1.29, 1.82) is 0 Å². The zero-order valence-corrected chi connectivity index (χ0v) is 11.4. The highest BCUT2D eigenvalue weighted by atomic mass is 16.5. The molecule has 0 saturated carbocycles. The van der Waals surface area contributed by atoms with Crippen LogP contribution in [-0.2, 0) is 4.74 Å². The lowest BCUT2D eigenvalue weighted by Gasteiger charge is -2.17. The second-order valence-corrected chi connectivity index (χ2v) is 4.37. The van der Waals surface area contributed by atoms with E-state index in [1.807, 2.05) is 6.92 Å². The van der Waals surface area contributed by atoms with Gasteiger partial charge in [0.1, 0.15) is 0 Å². The molecule has 0 fully saturated rings. The van der Waals surface area contributed by atoms with Crippen LogP contribution in [0.5, 0.6) is 0 Å². The van der Waals surface area contributed by atoms with Crippen LogP contribution in [0.15, 0.2) is 18.2 Å². The van der Waals surface area contributed by atoms with Gasteiger partial charge in [-0.15, -0.1) is 0 Å². The van der Waals surface area contributed by atoms with Gasteiger partial charge < -0.3 is 15.0 Å². The van der Waals surface area contributed by atoms with E-state index < -0.39 is 0 Å². The van der Waals surface area contributed by atoms with Crippen LogP contribution in [-0.4, -0.2) is 33.9 Å². The highest BCUT2D eigenvalue weighted by Crippen LogP contribution is 2.22. The highest BCUT2D eigenvalue weighted by molar-refractivity contribution is 5.61.